The highest BCUT2D eigenvalue weighted by Gasteiger charge is 2.18. The summed E-state index contributed by atoms with van der Waals surface area (Å²) < 4.78 is 10.7. The summed E-state index contributed by atoms with van der Waals surface area (Å²) in [4.78, 5) is 32.9. The van der Waals surface area contributed by atoms with Crippen LogP contribution in [0.15, 0.2) is 53.3 Å². The molecule has 0 aliphatic carbocycles. The largest absolute Gasteiger partial charge is 0.497 e. The fraction of sp³-hybridized carbons (Fsp3) is 0.360. The third-order valence-corrected chi connectivity index (χ3v) is 6.13. The van der Waals surface area contributed by atoms with Gasteiger partial charge in [0, 0.05) is 48.5 Å². The minimum Gasteiger partial charge on any atom is -0.497 e. The van der Waals surface area contributed by atoms with E-state index in [9.17, 15) is 9.59 Å². The lowest BCUT2D eigenvalue weighted by atomic mass is 10.1. The molecule has 2 N–H and O–H groups in total. The Morgan fingerprint density at radius 2 is 1.94 bits per heavy atom. The Kier molecular flexibility index (Phi) is 8.05. The molecule has 0 unspecified atom stereocenters. The number of pyridine rings is 1. The number of hydrogen-bond acceptors (Lipinski definition) is 5. The van der Waals surface area contributed by atoms with E-state index in [0.29, 0.717) is 34.1 Å². The Bertz CT molecular complexity index is 1180. The molecule has 34 heavy (non-hydrogen) atoms. The Labute approximate surface area is 203 Å². The van der Waals surface area contributed by atoms with E-state index in [4.69, 9.17) is 21.1 Å². The molecule has 1 aromatic heterocycles. The number of anilines is 1. The summed E-state index contributed by atoms with van der Waals surface area (Å²) in [5.41, 5.74) is 1.64. The predicted molar refractivity (Wildman–Crippen MR) is 134 cm³/mol. The van der Waals surface area contributed by atoms with Gasteiger partial charge in [0.05, 0.1) is 32.4 Å². The summed E-state index contributed by atoms with van der Waals surface area (Å²) in [6.07, 6.45) is 0.788. The van der Waals surface area contributed by atoms with Gasteiger partial charge in [0.1, 0.15) is 5.75 Å². The Balaban J connectivity index is 1.51. The molecule has 2 aromatic carbocycles. The van der Waals surface area contributed by atoms with Gasteiger partial charge in [-0.1, -0.05) is 11.6 Å². The smallest absolute Gasteiger partial charge is 0.322 e. The zero-order chi connectivity index (χ0) is 23.9. The Morgan fingerprint density at radius 3 is 2.68 bits per heavy atom. The fourth-order valence-corrected chi connectivity index (χ4v) is 4.10. The number of fused-ring (bicyclic) bond motifs is 1. The number of rotatable bonds is 8. The lowest BCUT2D eigenvalue weighted by Gasteiger charge is -2.28. The third-order valence-electron chi connectivity index (χ3n) is 5.88. The van der Waals surface area contributed by atoms with Gasteiger partial charge in [-0.25, -0.2) is 4.79 Å². The molecule has 0 spiro atoms. The molecule has 1 aliphatic rings. The van der Waals surface area contributed by atoms with Crippen molar-refractivity contribution in [1.29, 1.82) is 0 Å². The third kappa shape index (κ3) is 6.28. The molecule has 1 aliphatic heterocycles. The number of benzene rings is 2. The number of morpholine rings is 1. The van der Waals surface area contributed by atoms with E-state index in [-0.39, 0.29) is 18.1 Å². The van der Waals surface area contributed by atoms with E-state index in [1.807, 2.05) is 18.2 Å². The van der Waals surface area contributed by atoms with Crippen LogP contribution in [0.1, 0.15) is 12.0 Å². The number of hydrogen-bond donors (Lipinski definition) is 2. The molecule has 0 saturated carbocycles. The number of H-pyrrole nitrogens is 1. The highest BCUT2D eigenvalue weighted by atomic mass is 35.5. The standard InChI is InChI=1S/C25H29ClN4O4/c1-33-22-8-3-18-15-19(24(31)28-23(18)16-22)17-30(10-2-9-29-11-13-34-14-12-29)25(32)27-21-6-4-20(26)5-7-21/h3-8,15-16H,2,9-14,17H2,1H3,(H,27,32)(H,28,31). The summed E-state index contributed by atoms with van der Waals surface area (Å²) in [7, 11) is 1.59. The maximum absolute atomic E-state index is 13.2. The van der Waals surface area contributed by atoms with Crippen molar-refractivity contribution in [3.63, 3.8) is 0 Å². The molecule has 3 aromatic rings. The molecular formula is C25H29ClN4O4. The van der Waals surface area contributed by atoms with E-state index >= 15 is 0 Å². The SMILES string of the molecule is COc1ccc2cc(CN(CCCN3CCOCC3)C(=O)Nc3ccc(Cl)cc3)c(=O)[nH]c2c1. The minimum absolute atomic E-state index is 0.194. The van der Waals surface area contributed by atoms with E-state index in [0.717, 1.165) is 44.7 Å². The second-order valence-electron chi connectivity index (χ2n) is 8.24. The molecule has 9 heteroatoms. The van der Waals surface area contributed by atoms with Gasteiger partial charge in [-0.05, 0) is 54.3 Å². The Hall–Kier alpha value is -3.07. The van der Waals surface area contributed by atoms with E-state index in [1.165, 1.54) is 0 Å². The first kappa shape index (κ1) is 24.1. The Morgan fingerprint density at radius 1 is 1.18 bits per heavy atom. The van der Waals surface area contributed by atoms with Gasteiger partial charge < -0.3 is 24.7 Å². The number of nitrogens with zero attached hydrogens (tertiary/aromatic N) is 2. The van der Waals surface area contributed by atoms with Crippen LogP contribution in [-0.2, 0) is 11.3 Å². The van der Waals surface area contributed by atoms with Gasteiger partial charge in [-0.3, -0.25) is 9.69 Å². The molecule has 0 atom stereocenters. The second kappa shape index (κ2) is 11.4. The first-order valence-corrected chi connectivity index (χ1v) is 11.7. The monoisotopic (exact) mass is 484 g/mol. The molecule has 180 valence electrons. The fourth-order valence-electron chi connectivity index (χ4n) is 3.97. The van der Waals surface area contributed by atoms with Crippen LogP contribution < -0.4 is 15.6 Å². The number of carbonyl (C=O) groups excluding carboxylic acids is 1. The first-order chi connectivity index (χ1) is 16.5. The van der Waals surface area contributed by atoms with Crippen molar-refractivity contribution in [1.82, 2.24) is 14.8 Å². The highest BCUT2D eigenvalue weighted by molar-refractivity contribution is 6.30. The van der Waals surface area contributed by atoms with E-state index < -0.39 is 0 Å². The summed E-state index contributed by atoms with van der Waals surface area (Å²) in [5.74, 6) is 0.669. The molecule has 1 fully saturated rings. The summed E-state index contributed by atoms with van der Waals surface area (Å²) in [6.45, 7) is 4.82. The van der Waals surface area contributed by atoms with Crippen LogP contribution in [0.25, 0.3) is 10.9 Å². The lowest BCUT2D eigenvalue weighted by molar-refractivity contribution is 0.0365. The molecule has 0 radical (unpaired) electrons. The van der Waals surface area contributed by atoms with Crippen molar-refractivity contribution >= 4 is 34.2 Å². The van der Waals surface area contributed by atoms with Crippen molar-refractivity contribution < 1.29 is 14.3 Å². The quantitative estimate of drug-likeness (QED) is 0.505. The van der Waals surface area contributed by atoms with Crippen molar-refractivity contribution in [2.24, 2.45) is 0 Å². The van der Waals surface area contributed by atoms with Crippen molar-refractivity contribution in [2.75, 3.05) is 51.8 Å². The molecular weight excluding hydrogens is 456 g/mol. The molecule has 4 rings (SSSR count). The molecule has 0 bridgehead atoms. The average molecular weight is 485 g/mol. The van der Waals surface area contributed by atoms with E-state index in [1.54, 1.807) is 42.3 Å². The molecule has 1 saturated heterocycles. The van der Waals surface area contributed by atoms with Crippen LogP contribution in [0.3, 0.4) is 0 Å². The van der Waals surface area contributed by atoms with Crippen molar-refractivity contribution in [3.8, 4) is 5.75 Å². The zero-order valence-corrected chi connectivity index (χ0v) is 19.9. The van der Waals surface area contributed by atoms with Crippen LogP contribution in [0.2, 0.25) is 5.02 Å². The van der Waals surface area contributed by atoms with Gasteiger partial charge >= 0.3 is 6.03 Å². The zero-order valence-electron chi connectivity index (χ0n) is 19.2. The maximum atomic E-state index is 13.2. The summed E-state index contributed by atoms with van der Waals surface area (Å²) in [6, 6.07) is 14.0. The first-order valence-electron chi connectivity index (χ1n) is 11.3. The number of aromatic amines is 1. The van der Waals surface area contributed by atoms with Gasteiger partial charge in [-0.15, -0.1) is 0 Å². The number of amides is 2. The van der Waals surface area contributed by atoms with Crippen LogP contribution >= 0.6 is 11.6 Å². The summed E-state index contributed by atoms with van der Waals surface area (Å²) >= 11 is 5.96. The topological polar surface area (TPSA) is 86.9 Å². The number of aromatic nitrogens is 1. The van der Waals surface area contributed by atoms with Crippen LogP contribution in [-0.4, -0.2) is 67.3 Å². The number of urea groups is 1. The number of halogens is 1. The average Bonchev–Trinajstić information content (AvgIpc) is 2.85. The van der Waals surface area contributed by atoms with E-state index in [2.05, 4.69) is 15.2 Å². The number of carbonyl (C=O) groups is 1. The maximum Gasteiger partial charge on any atom is 0.322 e. The number of methoxy groups -OCH3 is 1. The number of ether oxygens (including phenoxy) is 2. The molecule has 8 nitrogen and oxygen atoms in total. The van der Waals surface area contributed by atoms with Gasteiger partial charge in [0.15, 0.2) is 0 Å². The van der Waals surface area contributed by atoms with Gasteiger partial charge in [0.25, 0.3) is 5.56 Å². The normalized spacial score (nSPS) is 14.2. The minimum atomic E-state index is -0.265. The van der Waals surface area contributed by atoms with Crippen molar-refractivity contribution in [3.05, 3.63) is 69.5 Å². The summed E-state index contributed by atoms with van der Waals surface area (Å²) in [5, 5.41) is 4.39. The molecule has 2 amide bonds. The van der Waals surface area contributed by atoms with Gasteiger partial charge in [0.2, 0.25) is 0 Å². The van der Waals surface area contributed by atoms with Crippen LogP contribution in [0, 0.1) is 0 Å². The highest BCUT2D eigenvalue weighted by Crippen LogP contribution is 2.19. The predicted octanol–water partition coefficient (Wildman–Crippen LogP) is 3.95. The second-order valence-corrected chi connectivity index (χ2v) is 8.68. The van der Waals surface area contributed by atoms with Crippen molar-refractivity contribution in [2.45, 2.75) is 13.0 Å². The van der Waals surface area contributed by atoms with Crippen LogP contribution in [0.4, 0.5) is 10.5 Å². The van der Waals surface area contributed by atoms with Gasteiger partial charge in [-0.2, -0.15) is 0 Å². The number of nitrogens with one attached hydrogen (secondary N) is 2. The molecule has 2 heterocycles. The lowest BCUT2D eigenvalue weighted by Crippen LogP contribution is -2.40. The van der Waals surface area contributed by atoms with Crippen LogP contribution in [0.5, 0.6) is 5.75 Å².